The Morgan fingerprint density at radius 3 is 1.65 bits per heavy atom. The first kappa shape index (κ1) is 43.1. The second kappa shape index (κ2) is 18.4. The standard InChI is InChI=1S/C30H62F6O4Si3/c1-10-14-24-42(8,25-18-29(31,32)33)39-27(5,16-11-2)43(9,26-19-30(34,35)36)40-28(13-4,17-12-3)41(6,7)23-15-21-38-22-20-37/h37H,10-26H2,1-9H3. The molecular weight excluding hydrogens is 623 g/mol. The molecule has 0 aliphatic heterocycles. The number of rotatable bonds is 24. The van der Waals surface area contributed by atoms with Crippen LogP contribution in [0.1, 0.15) is 98.8 Å². The number of aliphatic hydroxyl groups is 1. The van der Waals surface area contributed by atoms with Crippen LogP contribution in [0.25, 0.3) is 0 Å². The summed E-state index contributed by atoms with van der Waals surface area (Å²) in [4.78, 5) is 0. The van der Waals surface area contributed by atoms with Crippen molar-refractivity contribution in [2.24, 2.45) is 0 Å². The van der Waals surface area contributed by atoms with Gasteiger partial charge in [-0.1, -0.05) is 72.5 Å². The maximum atomic E-state index is 13.9. The van der Waals surface area contributed by atoms with Gasteiger partial charge in [-0.05, 0) is 63.8 Å². The van der Waals surface area contributed by atoms with E-state index in [4.69, 9.17) is 18.7 Å². The van der Waals surface area contributed by atoms with E-state index in [1.54, 1.807) is 0 Å². The lowest BCUT2D eigenvalue weighted by Crippen LogP contribution is -2.69. The van der Waals surface area contributed by atoms with Crippen LogP contribution in [0.3, 0.4) is 0 Å². The maximum absolute atomic E-state index is 13.9. The van der Waals surface area contributed by atoms with Crippen LogP contribution in [-0.4, -0.2) is 72.4 Å². The Morgan fingerprint density at radius 2 is 1.19 bits per heavy atom. The number of halogens is 6. The summed E-state index contributed by atoms with van der Waals surface area (Å²) in [6.07, 6.45) is -5.16. The molecule has 0 rings (SSSR count). The molecule has 0 heterocycles. The summed E-state index contributed by atoms with van der Waals surface area (Å²) in [5.41, 5.74) is 0. The average molecular weight is 685 g/mol. The number of hydrogen-bond acceptors (Lipinski definition) is 4. The van der Waals surface area contributed by atoms with E-state index in [9.17, 15) is 26.3 Å². The minimum absolute atomic E-state index is 0.0543. The molecule has 0 aliphatic carbocycles. The first-order valence-electron chi connectivity index (χ1n) is 16.4. The minimum atomic E-state index is -4.39. The fraction of sp³-hybridized carbons (Fsp3) is 1.00. The summed E-state index contributed by atoms with van der Waals surface area (Å²) in [6.45, 7) is 18.8. The highest BCUT2D eigenvalue weighted by atomic mass is 28.4. The lowest BCUT2D eigenvalue weighted by molar-refractivity contribution is -0.133. The van der Waals surface area contributed by atoms with Gasteiger partial charge in [-0.3, -0.25) is 0 Å². The predicted octanol–water partition coefficient (Wildman–Crippen LogP) is 10.6. The summed E-state index contributed by atoms with van der Waals surface area (Å²) in [5.74, 6) is 0. The van der Waals surface area contributed by atoms with Gasteiger partial charge in [-0.2, -0.15) is 26.3 Å². The van der Waals surface area contributed by atoms with Crippen LogP contribution >= 0.6 is 0 Å². The molecule has 0 amide bonds. The highest BCUT2D eigenvalue weighted by molar-refractivity contribution is 6.83. The third-order valence-corrected chi connectivity index (χ3v) is 22.9. The fourth-order valence-corrected chi connectivity index (χ4v) is 20.3. The second-order valence-corrected chi connectivity index (χ2v) is 27.1. The fourth-order valence-electron chi connectivity index (χ4n) is 6.53. The van der Waals surface area contributed by atoms with Gasteiger partial charge in [0.1, 0.15) is 0 Å². The van der Waals surface area contributed by atoms with Crippen molar-refractivity contribution in [2.75, 3.05) is 19.8 Å². The zero-order valence-corrected chi connectivity index (χ0v) is 31.5. The summed E-state index contributed by atoms with van der Waals surface area (Å²) in [6, 6.07) is 1.07. The third-order valence-electron chi connectivity index (χ3n) is 9.40. The largest absolute Gasteiger partial charge is 0.412 e. The highest BCUT2D eigenvalue weighted by Gasteiger charge is 2.58. The molecule has 0 bridgehead atoms. The van der Waals surface area contributed by atoms with Gasteiger partial charge in [-0.15, -0.1) is 0 Å². The second-order valence-electron chi connectivity index (χ2n) is 13.6. The van der Waals surface area contributed by atoms with E-state index in [-0.39, 0.29) is 25.3 Å². The van der Waals surface area contributed by atoms with Crippen LogP contribution in [-0.2, 0) is 13.6 Å². The topological polar surface area (TPSA) is 47.9 Å². The van der Waals surface area contributed by atoms with E-state index in [1.165, 1.54) is 0 Å². The smallest absolute Gasteiger partial charge is 0.388 e. The maximum Gasteiger partial charge on any atom is 0.388 e. The van der Waals surface area contributed by atoms with E-state index in [2.05, 4.69) is 20.0 Å². The van der Waals surface area contributed by atoms with Crippen LogP contribution in [0.4, 0.5) is 26.3 Å². The third kappa shape index (κ3) is 14.6. The van der Waals surface area contributed by atoms with Crippen molar-refractivity contribution in [1.82, 2.24) is 0 Å². The molecule has 4 unspecified atom stereocenters. The van der Waals surface area contributed by atoms with Crippen LogP contribution in [0.5, 0.6) is 0 Å². The summed E-state index contributed by atoms with van der Waals surface area (Å²) >= 11 is 0. The molecule has 13 heteroatoms. The number of hydrogen-bond donors (Lipinski definition) is 1. The lowest BCUT2D eigenvalue weighted by atomic mass is 10.1. The summed E-state index contributed by atoms with van der Waals surface area (Å²) in [5, 5.41) is 7.36. The number of alkyl halides is 6. The summed E-state index contributed by atoms with van der Waals surface area (Å²) < 4.78 is 102. The van der Waals surface area contributed by atoms with Gasteiger partial charge < -0.3 is 18.7 Å². The van der Waals surface area contributed by atoms with E-state index in [1.807, 2.05) is 40.8 Å². The van der Waals surface area contributed by atoms with Crippen molar-refractivity contribution < 1.29 is 45.0 Å². The van der Waals surface area contributed by atoms with Crippen molar-refractivity contribution in [3.05, 3.63) is 0 Å². The molecule has 0 fully saturated rings. The van der Waals surface area contributed by atoms with Gasteiger partial charge in [0.2, 0.25) is 8.32 Å². The zero-order chi connectivity index (χ0) is 33.6. The molecular formula is C30H62F6O4Si3. The average Bonchev–Trinajstić information content (AvgIpc) is 2.88. The number of ether oxygens (including phenoxy) is 1. The first-order chi connectivity index (χ1) is 19.6. The van der Waals surface area contributed by atoms with Crippen LogP contribution in [0.15, 0.2) is 0 Å². The van der Waals surface area contributed by atoms with E-state index in [0.29, 0.717) is 38.3 Å². The zero-order valence-electron chi connectivity index (χ0n) is 28.5. The molecule has 43 heavy (non-hydrogen) atoms. The molecule has 4 atom stereocenters. The minimum Gasteiger partial charge on any atom is -0.412 e. The molecule has 0 saturated carbocycles. The summed E-state index contributed by atoms with van der Waals surface area (Å²) in [7, 11) is -8.71. The molecule has 0 aromatic rings. The predicted molar refractivity (Wildman–Crippen MR) is 172 cm³/mol. The van der Waals surface area contributed by atoms with Crippen molar-refractivity contribution in [1.29, 1.82) is 0 Å². The van der Waals surface area contributed by atoms with Gasteiger partial charge in [0.25, 0.3) is 0 Å². The van der Waals surface area contributed by atoms with Crippen LogP contribution in [0, 0.1) is 0 Å². The quantitative estimate of drug-likeness (QED) is 0.0625. The van der Waals surface area contributed by atoms with E-state index < -0.39 is 60.4 Å². The molecule has 0 aromatic carbocycles. The van der Waals surface area contributed by atoms with Crippen LogP contribution in [0.2, 0.25) is 50.4 Å². The van der Waals surface area contributed by atoms with Gasteiger partial charge in [-0.25, -0.2) is 0 Å². The van der Waals surface area contributed by atoms with Crippen molar-refractivity contribution >= 4 is 24.7 Å². The van der Waals surface area contributed by atoms with Gasteiger partial charge in [0, 0.05) is 24.7 Å². The van der Waals surface area contributed by atoms with E-state index >= 15 is 0 Å². The first-order valence-corrected chi connectivity index (χ1v) is 25.0. The highest BCUT2D eigenvalue weighted by Crippen LogP contribution is 2.47. The Labute approximate surface area is 261 Å². The number of aliphatic hydroxyl groups excluding tert-OH is 1. The Kier molecular flexibility index (Phi) is 18.4. The normalized spacial score (nSPS) is 19.0. The van der Waals surface area contributed by atoms with Crippen molar-refractivity contribution in [3.63, 3.8) is 0 Å². The molecule has 0 saturated heterocycles. The Morgan fingerprint density at radius 1 is 0.628 bits per heavy atom. The number of unbranched alkanes of at least 4 members (excludes halogenated alkanes) is 1. The lowest BCUT2D eigenvalue weighted by Gasteiger charge is -2.56. The Balaban J connectivity index is 6.91. The van der Waals surface area contributed by atoms with Gasteiger partial charge >= 0.3 is 12.4 Å². The van der Waals surface area contributed by atoms with Gasteiger partial charge in [0.05, 0.1) is 26.5 Å². The van der Waals surface area contributed by atoms with E-state index in [0.717, 1.165) is 31.7 Å². The SMILES string of the molecule is CCCC[Si](C)(CCC(F)(F)F)OC(C)(CCC)[Si](C)(CCC(F)(F)F)OC(CC)(CCC)[Si](C)(C)CCCOCCO. The molecule has 0 aliphatic rings. The van der Waals surface area contributed by atoms with Crippen molar-refractivity contribution in [3.8, 4) is 0 Å². The molecule has 0 spiro atoms. The van der Waals surface area contributed by atoms with Gasteiger partial charge in [0.15, 0.2) is 8.32 Å². The monoisotopic (exact) mass is 684 g/mol. The molecule has 4 nitrogen and oxygen atoms in total. The van der Waals surface area contributed by atoms with Crippen molar-refractivity contribution in [2.45, 2.75) is 172 Å². The van der Waals surface area contributed by atoms with Crippen LogP contribution < -0.4 is 0 Å². The molecule has 260 valence electrons. The molecule has 1 N–H and O–H groups in total. The Bertz CT molecular complexity index is 773. The molecule has 0 radical (unpaired) electrons. The Hall–Kier alpha value is 0.0706. The molecule has 0 aromatic heterocycles.